The van der Waals surface area contributed by atoms with Gasteiger partial charge in [-0.3, -0.25) is 9.59 Å². The Morgan fingerprint density at radius 2 is 1.38 bits per heavy atom. The van der Waals surface area contributed by atoms with Crippen LogP contribution < -0.4 is 16.0 Å². The van der Waals surface area contributed by atoms with E-state index in [4.69, 9.17) is 0 Å². The average molecular weight is 593 g/mol. The molecule has 0 radical (unpaired) electrons. The fourth-order valence-electron chi connectivity index (χ4n) is 4.39. The highest BCUT2D eigenvalue weighted by Gasteiger charge is 2.22. The number of carbonyl (C=O) groups is 2. The first kappa shape index (κ1) is 35.2. The molecule has 3 N–H and O–H groups in total. The van der Waals surface area contributed by atoms with Gasteiger partial charge in [0.25, 0.3) is 0 Å². The largest absolute Gasteiger partial charge is 0.356 e. The van der Waals surface area contributed by atoms with Gasteiger partial charge in [0.1, 0.15) is 0 Å². The SMILES string of the molecule is CCC=CCC=CCC=CCC=CCC=CCC=CCCC(=O)NCCC(=O)Nc1nc2c(s1)C[C@H](NCCC)CC2. The summed E-state index contributed by atoms with van der Waals surface area (Å²) in [6.07, 6.45) is 37.5. The van der Waals surface area contributed by atoms with Crippen molar-refractivity contribution in [3.05, 3.63) is 83.5 Å². The molecule has 1 atom stereocenters. The number of rotatable bonds is 21. The molecule has 0 saturated carbocycles. The van der Waals surface area contributed by atoms with Crippen molar-refractivity contribution in [2.75, 3.05) is 18.4 Å². The Bertz CT molecular complexity index is 1080. The Morgan fingerprint density at radius 1 is 0.786 bits per heavy atom. The lowest BCUT2D eigenvalue weighted by Gasteiger charge is -2.21. The summed E-state index contributed by atoms with van der Waals surface area (Å²) >= 11 is 1.58. The second-order valence-electron chi connectivity index (χ2n) is 10.4. The van der Waals surface area contributed by atoms with Gasteiger partial charge in [-0.05, 0) is 77.2 Å². The monoisotopic (exact) mass is 592 g/mol. The molecule has 0 spiro atoms. The Hall–Kier alpha value is -3.03. The van der Waals surface area contributed by atoms with E-state index in [0.717, 1.165) is 76.4 Å². The minimum absolute atomic E-state index is 0.0299. The summed E-state index contributed by atoms with van der Waals surface area (Å²) in [5.41, 5.74) is 1.12. The Labute approximate surface area is 258 Å². The highest BCUT2D eigenvalue weighted by molar-refractivity contribution is 7.15. The number of carbonyl (C=O) groups excluding carboxylic acids is 2. The van der Waals surface area contributed by atoms with Gasteiger partial charge in [0.2, 0.25) is 11.8 Å². The Balaban J connectivity index is 1.46. The maximum atomic E-state index is 12.3. The Morgan fingerprint density at radius 3 is 1.98 bits per heavy atom. The van der Waals surface area contributed by atoms with Crippen LogP contribution in [0.3, 0.4) is 0 Å². The topological polar surface area (TPSA) is 83.1 Å². The summed E-state index contributed by atoms with van der Waals surface area (Å²) in [4.78, 5) is 30.3. The van der Waals surface area contributed by atoms with Crippen LogP contribution in [0.25, 0.3) is 0 Å². The number of aromatic nitrogens is 1. The highest BCUT2D eigenvalue weighted by Crippen LogP contribution is 2.29. The van der Waals surface area contributed by atoms with Gasteiger partial charge in [0.05, 0.1) is 5.69 Å². The zero-order valence-corrected chi connectivity index (χ0v) is 26.6. The zero-order valence-electron chi connectivity index (χ0n) is 25.8. The predicted molar refractivity (Wildman–Crippen MR) is 180 cm³/mol. The molecule has 7 heteroatoms. The first-order valence-electron chi connectivity index (χ1n) is 15.8. The van der Waals surface area contributed by atoms with Crippen LogP contribution in [0, 0.1) is 0 Å². The molecular weight excluding hydrogens is 540 g/mol. The van der Waals surface area contributed by atoms with E-state index in [0.29, 0.717) is 30.6 Å². The maximum Gasteiger partial charge on any atom is 0.227 e. The molecular formula is C35H52N4O2S. The van der Waals surface area contributed by atoms with Gasteiger partial charge in [-0.2, -0.15) is 0 Å². The van der Waals surface area contributed by atoms with Crippen LogP contribution in [0.2, 0.25) is 0 Å². The van der Waals surface area contributed by atoms with E-state index in [2.05, 4.69) is 102 Å². The van der Waals surface area contributed by atoms with E-state index in [1.807, 2.05) is 6.08 Å². The quantitative estimate of drug-likeness (QED) is 0.127. The molecule has 2 rings (SSSR count). The van der Waals surface area contributed by atoms with E-state index in [-0.39, 0.29) is 18.2 Å². The number of anilines is 1. The average Bonchev–Trinajstić information content (AvgIpc) is 3.38. The molecule has 0 unspecified atom stereocenters. The lowest BCUT2D eigenvalue weighted by Crippen LogP contribution is -2.34. The molecule has 230 valence electrons. The molecule has 0 fully saturated rings. The van der Waals surface area contributed by atoms with Crippen molar-refractivity contribution in [2.24, 2.45) is 0 Å². The van der Waals surface area contributed by atoms with E-state index >= 15 is 0 Å². The van der Waals surface area contributed by atoms with Crippen molar-refractivity contribution in [1.29, 1.82) is 0 Å². The van der Waals surface area contributed by atoms with Crippen molar-refractivity contribution in [3.63, 3.8) is 0 Å². The molecule has 1 aromatic rings. The van der Waals surface area contributed by atoms with E-state index in [9.17, 15) is 9.59 Å². The van der Waals surface area contributed by atoms with Gasteiger partial charge < -0.3 is 16.0 Å². The normalized spacial score (nSPS) is 15.7. The number of nitrogens with one attached hydrogen (secondary N) is 3. The summed E-state index contributed by atoms with van der Waals surface area (Å²) in [5, 5.41) is 10.0. The summed E-state index contributed by atoms with van der Waals surface area (Å²) < 4.78 is 0. The molecule has 6 nitrogen and oxygen atoms in total. The van der Waals surface area contributed by atoms with E-state index in [1.54, 1.807) is 11.3 Å². The predicted octanol–water partition coefficient (Wildman–Crippen LogP) is 7.92. The number of aryl methyl sites for hydroxylation is 1. The molecule has 1 heterocycles. The van der Waals surface area contributed by atoms with Gasteiger partial charge >= 0.3 is 0 Å². The third kappa shape index (κ3) is 17.0. The second-order valence-corrected chi connectivity index (χ2v) is 11.5. The summed E-state index contributed by atoms with van der Waals surface area (Å²) in [6, 6.07) is 0.504. The number of amides is 2. The minimum atomic E-state index is -0.112. The summed E-state index contributed by atoms with van der Waals surface area (Å²) in [7, 11) is 0. The first-order chi connectivity index (χ1) is 20.6. The minimum Gasteiger partial charge on any atom is -0.356 e. The van der Waals surface area contributed by atoms with Gasteiger partial charge in [-0.15, -0.1) is 11.3 Å². The van der Waals surface area contributed by atoms with Crippen LogP contribution in [0.15, 0.2) is 72.9 Å². The highest BCUT2D eigenvalue weighted by atomic mass is 32.1. The van der Waals surface area contributed by atoms with Crippen molar-refractivity contribution in [2.45, 2.75) is 103 Å². The lowest BCUT2D eigenvalue weighted by molar-refractivity contribution is -0.121. The molecule has 42 heavy (non-hydrogen) atoms. The molecule has 0 bridgehead atoms. The van der Waals surface area contributed by atoms with Crippen LogP contribution in [-0.4, -0.2) is 35.9 Å². The number of nitrogens with zero attached hydrogens (tertiary/aromatic N) is 1. The van der Waals surface area contributed by atoms with Crippen LogP contribution in [-0.2, 0) is 22.4 Å². The van der Waals surface area contributed by atoms with Gasteiger partial charge in [0.15, 0.2) is 5.13 Å². The number of allylic oxidation sites excluding steroid dienone is 12. The van der Waals surface area contributed by atoms with Gasteiger partial charge in [0, 0.05) is 30.3 Å². The number of hydrogen-bond acceptors (Lipinski definition) is 5. The van der Waals surface area contributed by atoms with Crippen molar-refractivity contribution < 1.29 is 9.59 Å². The van der Waals surface area contributed by atoms with E-state index < -0.39 is 0 Å². The van der Waals surface area contributed by atoms with Crippen molar-refractivity contribution >= 4 is 28.3 Å². The third-order valence-corrected chi connectivity index (χ3v) is 7.71. The summed E-state index contributed by atoms with van der Waals surface area (Å²) in [6.45, 7) is 5.70. The summed E-state index contributed by atoms with van der Waals surface area (Å²) in [5.74, 6) is -0.142. The van der Waals surface area contributed by atoms with Crippen LogP contribution in [0.5, 0.6) is 0 Å². The zero-order chi connectivity index (χ0) is 30.1. The number of hydrogen-bond donors (Lipinski definition) is 3. The standard InChI is InChI=1S/C35H52N4O2S/c1-3-5-6-7-8-9-10-11-12-13-14-15-16-17-18-19-20-21-22-23-33(40)37-28-26-34(41)39-35-38-31-25-24-30(36-27-4-2)29-32(31)42-35/h5-6,8-9,11-12,14-15,17-18,20-21,30,36H,3-4,7,10,13,16,19,22-29H2,1-2H3,(H,37,40)(H,38,39,41)/t30-/m1/s1. The lowest BCUT2D eigenvalue weighted by atomic mass is 9.98. The smallest absolute Gasteiger partial charge is 0.227 e. The number of fused-ring (bicyclic) bond motifs is 1. The number of thiazole rings is 1. The molecule has 0 saturated heterocycles. The van der Waals surface area contributed by atoms with Crippen molar-refractivity contribution in [1.82, 2.24) is 15.6 Å². The maximum absolute atomic E-state index is 12.3. The van der Waals surface area contributed by atoms with Gasteiger partial charge in [-0.1, -0.05) is 86.8 Å². The Kier molecular flexibility index (Phi) is 19.7. The van der Waals surface area contributed by atoms with Crippen LogP contribution >= 0.6 is 11.3 Å². The van der Waals surface area contributed by atoms with Crippen molar-refractivity contribution in [3.8, 4) is 0 Å². The molecule has 2 amide bonds. The molecule has 1 aliphatic rings. The molecule has 1 aliphatic carbocycles. The molecule has 0 aliphatic heterocycles. The van der Waals surface area contributed by atoms with Crippen LogP contribution in [0.1, 0.15) is 95.0 Å². The third-order valence-electron chi connectivity index (χ3n) is 6.68. The first-order valence-corrected chi connectivity index (χ1v) is 16.6. The second kappa shape index (κ2) is 23.5. The van der Waals surface area contributed by atoms with Gasteiger partial charge in [-0.25, -0.2) is 4.98 Å². The molecule has 1 aromatic heterocycles. The fourth-order valence-corrected chi connectivity index (χ4v) is 5.49. The fraction of sp³-hybridized carbons (Fsp3) is 0.514. The van der Waals surface area contributed by atoms with Crippen LogP contribution in [0.4, 0.5) is 5.13 Å². The molecule has 0 aromatic carbocycles. The van der Waals surface area contributed by atoms with E-state index in [1.165, 1.54) is 4.88 Å².